The molecule has 0 heterocycles. The van der Waals surface area contributed by atoms with E-state index < -0.39 is 0 Å². The van der Waals surface area contributed by atoms with Crippen LogP contribution in [0.1, 0.15) is 34.1 Å². The zero-order chi connectivity index (χ0) is 13.3. The summed E-state index contributed by atoms with van der Waals surface area (Å²) in [5.74, 6) is -0.614. The molecule has 0 spiro atoms. The third-order valence-electron chi connectivity index (χ3n) is 3.15. The molecule has 0 fully saturated rings. The molecule has 1 aromatic rings. The molecule has 1 aliphatic carbocycles. The summed E-state index contributed by atoms with van der Waals surface area (Å²) in [6.45, 7) is 1.93. The summed E-state index contributed by atoms with van der Waals surface area (Å²) in [5, 5.41) is 12.8. The Labute approximate surface area is 105 Å². The van der Waals surface area contributed by atoms with Gasteiger partial charge in [0, 0.05) is 17.2 Å². The van der Waals surface area contributed by atoms with Crippen LogP contribution in [0.15, 0.2) is 29.8 Å². The van der Waals surface area contributed by atoms with E-state index in [1.165, 1.54) is 12.1 Å². The molecule has 4 nitrogen and oxygen atoms in total. The van der Waals surface area contributed by atoms with Crippen molar-refractivity contribution in [2.45, 2.75) is 19.4 Å². The van der Waals surface area contributed by atoms with Crippen LogP contribution in [-0.4, -0.2) is 29.8 Å². The SMILES string of the molecule is CNC(C)CC1=CC(=O)c2cccc(O)c2C1=O. The highest BCUT2D eigenvalue weighted by Crippen LogP contribution is 2.30. The van der Waals surface area contributed by atoms with Crippen LogP contribution in [0.2, 0.25) is 0 Å². The average Bonchev–Trinajstić information content (AvgIpc) is 2.35. The lowest BCUT2D eigenvalue weighted by atomic mass is 9.86. The fourth-order valence-corrected chi connectivity index (χ4v) is 2.03. The first-order chi connectivity index (χ1) is 8.54. The van der Waals surface area contributed by atoms with E-state index in [4.69, 9.17) is 0 Å². The summed E-state index contributed by atoms with van der Waals surface area (Å²) >= 11 is 0. The van der Waals surface area contributed by atoms with Gasteiger partial charge in [-0.15, -0.1) is 0 Å². The molecule has 0 saturated carbocycles. The summed E-state index contributed by atoms with van der Waals surface area (Å²) in [4.78, 5) is 24.1. The molecule has 0 aliphatic heterocycles. The number of rotatable bonds is 3. The van der Waals surface area contributed by atoms with Gasteiger partial charge in [-0.3, -0.25) is 9.59 Å². The van der Waals surface area contributed by atoms with Gasteiger partial charge in [0.2, 0.25) is 0 Å². The number of allylic oxidation sites excluding steroid dienone is 1. The van der Waals surface area contributed by atoms with Crippen LogP contribution in [-0.2, 0) is 0 Å². The maximum absolute atomic E-state index is 12.2. The van der Waals surface area contributed by atoms with Crippen LogP contribution in [0, 0.1) is 0 Å². The molecule has 1 atom stereocenters. The van der Waals surface area contributed by atoms with Gasteiger partial charge in [0.1, 0.15) is 5.75 Å². The minimum absolute atomic E-state index is 0.0976. The van der Waals surface area contributed by atoms with Crippen molar-refractivity contribution in [3.05, 3.63) is 41.0 Å². The second-order valence-corrected chi connectivity index (χ2v) is 4.46. The Morgan fingerprint density at radius 2 is 2.06 bits per heavy atom. The number of benzene rings is 1. The van der Waals surface area contributed by atoms with Gasteiger partial charge in [0.15, 0.2) is 11.6 Å². The van der Waals surface area contributed by atoms with Crippen molar-refractivity contribution in [1.29, 1.82) is 0 Å². The Morgan fingerprint density at radius 1 is 1.33 bits per heavy atom. The maximum Gasteiger partial charge on any atom is 0.193 e. The first-order valence-corrected chi connectivity index (χ1v) is 5.83. The van der Waals surface area contributed by atoms with Gasteiger partial charge in [-0.1, -0.05) is 12.1 Å². The predicted molar refractivity (Wildman–Crippen MR) is 68.0 cm³/mol. The van der Waals surface area contributed by atoms with Crippen LogP contribution in [0.5, 0.6) is 5.75 Å². The number of Topliss-reactive ketones (excluding diaryl/α,β-unsaturated/α-hetero) is 1. The van der Waals surface area contributed by atoms with E-state index in [9.17, 15) is 14.7 Å². The Hall–Kier alpha value is -1.94. The van der Waals surface area contributed by atoms with Gasteiger partial charge in [-0.05, 0) is 32.5 Å². The van der Waals surface area contributed by atoms with Crippen LogP contribution in [0.25, 0.3) is 0 Å². The number of phenolic OH excluding ortho intramolecular Hbond substituents is 1. The summed E-state index contributed by atoms with van der Waals surface area (Å²) in [6, 6.07) is 4.65. The van der Waals surface area contributed by atoms with Crippen molar-refractivity contribution in [1.82, 2.24) is 5.32 Å². The molecule has 2 N–H and O–H groups in total. The fourth-order valence-electron chi connectivity index (χ4n) is 2.03. The van der Waals surface area contributed by atoms with E-state index in [2.05, 4.69) is 5.32 Å². The van der Waals surface area contributed by atoms with Gasteiger partial charge in [-0.2, -0.15) is 0 Å². The van der Waals surface area contributed by atoms with E-state index in [0.717, 1.165) is 0 Å². The topological polar surface area (TPSA) is 66.4 Å². The van der Waals surface area contributed by atoms with Gasteiger partial charge in [-0.25, -0.2) is 0 Å². The molecular weight excluding hydrogens is 230 g/mol. The number of carbonyl (C=O) groups excluding carboxylic acids is 2. The van der Waals surface area contributed by atoms with Crippen LogP contribution < -0.4 is 5.32 Å². The number of hydrogen-bond donors (Lipinski definition) is 2. The fraction of sp³-hybridized carbons (Fsp3) is 0.286. The Morgan fingerprint density at radius 3 is 2.72 bits per heavy atom. The van der Waals surface area contributed by atoms with E-state index in [-0.39, 0.29) is 34.5 Å². The predicted octanol–water partition coefficient (Wildman–Crippen LogP) is 1.70. The molecule has 0 radical (unpaired) electrons. The summed E-state index contributed by atoms with van der Waals surface area (Å²) < 4.78 is 0. The smallest absolute Gasteiger partial charge is 0.193 e. The molecule has 4 heteroatoms. The van der Waals surface area contributed by atoms with Gasteiger partial charge in [0.25, 0.3) is 0 Å². The summed E-state index contributed by atoms with van der Waals surface area (Å²) in [6.07, 6.45) is 1.84. The number of hydrogen-bond acceptors (Lipinski definition) is 4. The number of nitrogens with one attached hydrogen (secondary N) is 1. The van der Waals surface area contributed by atoms with E-state index in [1.807, 2.05) is 6.92 Å². The van der Waals surface area contributed by atoms with Crippen molar-refractivity contribution in [3.63, 3.8) is 0 Å². The van der Waals surface area contributed by atoms with Gasteiger partial charge in [0.05, 0.1) is 5.56 Å². The lowest BCUT2D eigenvalue weighted by molar-refractivity contribution is 0.0977. The zero-order valence-electron chi connectivity index (χ0n) is 10.4. The second kappa shape index (κ2) is 4.74. The molecule has 2 rings (SSSR count). The molecule has 0 aromatic heterocycles. The van der Waals surface area contributed by atoms with Crippen LogP contribution >= 0.6 is 0 Å². The quantitative estimate of drug-likeness (QED) is 0.850. The minimum atomic E-state index is -0.259. The van der Waals surface area contributed by atoms with E-state index in [1.54, 1.807) is 19.2 Å². The maximum atomic E-state index is 12.2. The highest BCUT2D eigenvalue weighted by Gasteiger charge is 2.28. The molecule has 0 amide bonds. The monoisotopic (exact) mass is 245 g/mol. The number of aromatic hydroxyl groups is 1. The molecular formula is C14H15NO3. The third-order valence-corrected chi connectivity index (χ3v) is 3.15. The first-order valence-electron chi connectivity index (χ1n) is 5.83. The molecule has 1 aromatic carbocycles. The molecule has 1 aliphatic rings. The number of phenols is 1. The lowest BCUT2D eigenvalue weighted by Crippen LogP contribution is -2.26. The third kappa shape index (κ3) is 2.07. The molecule has 94 valence electrons. The molecule has 0 bridgehead atoms. The summed E-state index contributed by atoms with van der Waals surface area (Å²) in [5.41, 5.74) is 0.847. The highest BCUT2D eigenvalue weighted by molar-refractivity contribution is 6.25. The van der Waals surface area contributed by atoms with Gasteiger partial charge < -0.3 is 10.4 Å². The largest absolute Gasteiger partial charge is 0.507 e. The zero-order valence-corrected chi connectivity index (χ0v) is 10.4. The Kier molecular flexibility index (Phi) is 3.30. The standard InChI is InChI=1S/C14H15NO3/c1-8(15-2)6-9-7-12(17)10-4-3-5-11(16)13(10)14(9)18/h3-5,7-8,15-16H,6H2,1-2H3. The molecule has 1 unspecified atom stereocenters. The van der Waals surface area contributed by atoms with Crippen molar-refractivity contribution in [2.24, 2.45) is 0 Å². The van der Waals surface area contributed by atoms with Crippen molar-refractivity contribution in [3.8, 4) is 5.75 Å². The first kappa shape index (κ1) is 12.5. The van der Waals surface area contributed by atoms with Crippen molar-refractivity contribution in [2.75, 3.05) is 7.05 Å². The Bertz CT molecular complexity index is 546. The number of ketones is 2. The molecule has 0 saturated heterocycles. The molecule has 18 heavy (non-hydrogen) atoms. The van der Waals surface area contributed by atoms with E-state index >= 15 is 0 Å². The second-order valence-electron chi connectivity index (χ2n) is 4.46. The van der Waals surface area contributed by atoms with Crippen LogP contribution in [0.4, 0.5) is 0 Å². The van der Waals surface area contributed by atoms with Crippen molar-refractivity contribution < 1.29 is 14.7 Å². The van der Waals surface area contributed by atoms with E-state index in [0.29, 0.717) is 12.0 Å². The summed E-state index contributed by atoms with van der Waals surface area (Å²) in [7, 11) is 1.80. The number of fused-ring (bicyclic) bond motifs is 1. The van der Waals surface area contributed by atoms with Crippen molar-refractivity contribution >= 4 is 11.6 Å². The Balaban J connectivity index is 2.43. The van der Waals surface area contributed by atoms with Gasteiger partial charge >= 0.3 is 0 Å². The number of carbonyl (C=O) groups is 2. The minimum Gasteiger partial charge on any atom is -0.507 e. The average molecular weight is 245 g/mol. The highest BCUT2D eigenvalue weighted by atomic mass is 16.3. The normalized spacial score (nSPS) is 16.2. The van der Waals surface area contributed by atoms with Crippen LogP contribution in [0.3, 0.4) is 0 Å². The lowest BCUT2D eigenvalue weighted by Gasteiger charge is -2.18.